The van der Waals surface area contributed by atoms with E-state index in [9.17, 15) is 13.2 Å². The standard InChI is InChI=1S/C8H11F3N2/c1-3-4-7(8(9,10)11)5-13-6(2)12/h3-4H,1,5H2,2H3,(H2,12,13)/b7-4+. The molecule has 5 heteroatoms. The van der Waals surface area contributed by atoms with Crippen LogP contribution >= 0.6 is 0 Å². The lowest BCUT2D eigenvalue weighted by molar-refractivity contribution is -0.0921. The number of rotatable bonds is 3. The maximum atomic E-state index is 12.1. The molecule has 13 heavy (non-hydrogen) atoms. The predicted molar refractivity (Wildman–Crippen MR) is 46.5 cm³/mol. The largest absolute Gasteiger partial charge is 0.414 e. The third kappa shape index (κ3) is 5.05. The van der Waals surface area contributed by atoms with Crippen molar-refractivity contribution in [1.29, 1.82) is 0 Å². The van der Waals surface area contributed by atoms with Gasteiger partial charge in [-0.25, -0.2) is 0 Å². The zero-order valence-corrected chi connectivity index (χ0v) is 7.23. The summed E-state index contributed by atoms with van der Waals surface area (Å²) >= 11 is 0. The Hall–Kier alpha value is -1.26. The fourth-order valence-electron chi connectivity index (χ4n) is 0.589. The number of aliphatic imine (C=N–C) groups is 1. The summed E-state index contributed by atoms with van der Waals surface area (Å²) in [4.78, 5) is 3.47. The second-order valence-corrected chi connectivity index (χ2v) is 2.38. The Morgan fingerprint density at radius 1 is 1.54 bits per heavy atom. The van der Waals surface area contributed by atoms with Gasteiger partial charge in [-0.2, -0.15) is 13.2 Å². The minimum atomic E-state index is -4.37. The zero-order valence-electron chi connectivity index (χ0n) is 7.23. The van der Waals surface area contributed by atoms with Gasteiger partial charge >= 0.3 is 6.18 Å². The van der Waals surface area contributed by atoms with E-state index in [-0.39, 0.29) is 5.84 Å². The van der Waals surface area contributed by atoms with Crippen molar-refractivity contribution in [2.75, 3.05) is 6.54 Å². The highest BCUT2D eigenvalue weighted by atomic mass is 19.4. The first-order valence-corrected chi connectivity index (χ1v) is 3.53. The monoisotopic (exact) mass is 192 g/mol. The molecule has 0 aromatic heterocycles. The van der Waals surface area contributed by atoms with E-state index in [2.05, 4.69) is 11.6 Å². The quantitative estimate of drug-likeness (QED) is 0.414. The molecule has 0 amide bonds. The van der Waals surface area contributed by atoms with Crippen molar-refractivity contribution in [3.05, 3.63) is 24.3 Å². The molecule has 74 valence electrons. The van der Waals surface area contributed by atoms with Gasteiger partial charge in [0.05, 0.1) is 18.0 Å². The van der Waals surface area contributed by atoms with Gasteiger partial charge in [0, 0.05) is 0 Å². The molecule has 0 aromatic rings. The highest BCUT2D eigenvalue weighted by Crippen LogP contribution is 2.25. The number of nitrogens with two attached hydrogens (primary N) is 1. The number of nitrogens with zero attached hydrogens (tertiary/aromatic N) is 1. The van der Waals surface area contributed by atoms with Gasteiger partial charge in [-0.1, -0.05) is 18.7 Å². The maximum Gasteiger partial charge on any atom is 0.414 e. The molecule has 0 aromatic carbocycles. The second kappa shape index (κ2) is 4.69. The van der Waals surface area contributed by atoms with Gasteiger partial charge in [0.15, 0.2) is 0 Å². The lowest BCUT2D eigenvalue weighted by Crippen LogP contribution is -2.16. The summed E-state index contributed by atoms with van der Waals surface area (Å²) < 4.78 is 36.4. The number of halogens is 3. The van der Waals surface area contributed by atoms with Crippen molar-refractivity contribution < 1.29 is 13.2 Å². The van der Waals surface area contributed by atoms with E-state index in [1.165, 1.54) is 6.92 Å². The number of amidine groups is 1. The molecule has 0 bridgehead atoms. The Labute approximate surface area is 74.6 Å². The minimum Gasteiger partial charge on any atom is -0.388 e. The molecule has 0 unspecified atom stereocenters. The molecular formula is C8H11F3N2. The predicted octanol–water partition coefficient (Wildman–Crippen LogP) is 2.04. The summed E-state index contributed by atoms with van der Waals surface area (Å²) in [5, 5.41) is 0. The van der Waals surface area contributed by atoms with Crippen molar-refractivity contribution in [2.24, 2.45) is 10.7 Å². The SMILES string of the molecule is C=C/C=C(\CN=C(C)N)C(F)(F)F. The van der Waals surface area contributed by atoms with Crippen molar-refractivity contribution in [1.82, 2.24) is 0 Å². The first-order chi connectivity index (χ1) is 5.88. The zero-order chi connectivity index (χ0) is 10.5. The topological polar surface area (TPSA) is 38.4 Å². The maximum absolute atomic E-state index is 12.1. The lowest BCUT2D eigenvalue weighted by atomic mass is 10.2. The highest BCUT2D eigenvalue weighted by molar-refractivity contribution is 5.77. The first kappa shape index (κ1) is 11.7. The third-order valence-electron chi connectivity index (χ3n) is 1.18. The van der Waals surface area contributed by atoms with Gasteiger partial charge in [-0.05, 0) is 6.92 Å². The molecule has 0 heterocycles. The van der Waals surface area contributed by atoms with Crippen LogP contribution < -0.4 is 5.73 Å². The third-order valence-corrected chi connectivity index (χ3v) is 1.18. The van der Waals surface area contributed by atoms with E-state index in [0.29, 0.717) is 0 Å². The molecule has 0 aliphatic heterocycles. The summed E-state index contributed by atoms with van der Waals surface area (Å²) in [5.41, 5.74) is 4.35. The molecule has 2 nitrogen and oxygen atoms in total. The van der Waals surface area contributed by atoms with E-state index in [4.69, 9.17) is 5.73 Å². The van der Waals surface area contributed by atoms with Crippen LogP contribution in [0.15, 0.2) is 29.3 Å². The van der Waals surface area contributed by atoms with Gasteiger partial charge < -0.3 is 5.73 Å². The summed E-state index contributed by atoms with van der Waals surface area (Å²) in [6.07, 6.45) is -2.41. The van der Waals surface area contributed by atoms with Gasteiger partial charge in [-0.15, -0.1) is 0 Å². The van der Waals surface area contributed by atoms with Crippen LogP contribution in [0.1, 0.15) is 6.92 Å². The van der Waals surface area contributed by atoms with E-state index in [1.807, 2.05) is 0 Å². The van der Waals surface area contributed by atoms with Crippen LogP contribution in [-0.2, 0) is 0 Å². The van der Waals surface area contributed by atoms with Crippen LogP contribution in [0, 0.1) is 0 Å². The average Bonchev–Trinajstić information content (AvgIpc) is 1.95. The molecule has 0 aliphatic carbocycles. The Kier molecular flexibility index (Phi) is 4.23. The summed E-state index contributed by atoms with van der Waals surface area (Å²) in [5.74, 6) is 0.124. The number of hydrogen-bond donors (Lipinski definition) is 1. The molecule has 0 spiro atoms. The minimum absolute atomic E-state index is 0.124. The van der Waals surface area contributed by atoms with Gasteiger partial charge in [0.2, 0.25) is 0 Å². The van der Waals surface area contributed by atoms with Crippen LogP contribution in [0.5, 0.6) is 0 Å². The molecule has 0 aliphatic rings. The number of alkyl halides is 3. The Morgan fingerprint density at radius 3 is 2.38 bits per heavy atom. The fraction of sp³-hybridized carbons (Fsp3) is 0.375. The van der Waals surface area contributed by atoms with Crippen LogP contribution in [0.3, 0.4) is 0 Å². The van der Waals surface area contributed by atoms with Crippen molar-refractivity contribution in [3.8, 4) is 0 Å². The second-order valence-electron chi connectivity index (χ2n) is 2.38. The molecular weight excluding hydrogens is 181 g/mol. The van der Waals surface area contributed by atoms with Crippen LogP contribution in [0.2, 0.25) is 0 Å². The first-order valence-electron chi connectivity index (χ1n) is 3.53. The smallest absolute Gasteiger partial charge is 0.388 e. The number of allylic oxidation sites excluding steroid dienone is 2. The van der Waals surface area contributed by atoms with E-state index >= 15 is 0 Å². The van der Waals surface area contributed by atoms with Crippen molar-refractivity contribution >= 4 is 5.84 Å². The molecule has 2 N–H and O–H groups in total. The molecule has 0 rings (SSSR count). The average molecular weight is 192 g/mol. The normalized spacial score (nSPS) is 14.5. The van der Waals surface area contributed by atoms with Crippen molar-refractivity contribution in [3.63, 3.8) is 0 Å². The lowest BCUT2D eigenvalue weighted by Gasteiger charge is -2.08. The van der Waals surface area contributed by atoms with Gasteiger partial charge in [0.1, 0.15) is 0 Å². The van der Waals surface area contributed by atoms with E-state index in [1.54, 1.807) is 0 Å². The summed E-state index contributed by atoms with van der Waals surface area (Å²) in [7, 11) is 0. The van der Waals surface area contributed by atoms with Crippen molar-refractivity contribution in [2.45, 2.75) is 13.1 Å². The molecule has 0 fully saturated rings. The molecule has 0 radical (unpaired) electrons. The van der Waals surface area contributed by atoms with Gasteiger partial charge in [0.25, 0.3) is 0 Å². The van der Waals surface area contributed by atoms with E-state index < -0.39 is 18.3 Å². The van der Waals surface area contributed by atoms with Gasteiger partial charge in [-0.3, -0.25) is 4.99 Å². The van der Waals surface area contributed by atoms with Crippen LogP contribution in [0.4, 0.5) is 13.2 Å². The molecule has 0 saturated carbocycles. The Bertz CT molecular complexity index is 234. The number of hydrogen-bond acceptors (Lipinski definition) is 1. The highest BCUT2D eigenvalue weighted by Gasteiger charge is 2.32. The van der Waals surface area contributed by atoms with Crippen LogP contribution in [-0.4, -0.2) is 18.6 Å². The fourth-order valence-corrected chi connectivity index (χ4v) is 0.589. The van der Waals surface area contributed by atoms with Crippen LogP contribution in [0.25, 0.3) is 0 Å². The van der Waals surface area contributed by atoms with E-state index in [0.717, 1.165) is 12.2 Å². The summed E-state index contributed by atoms with van der Waals surface area (Å²) in [6, 6.07) is 0. The Balaban J connectivity index is 4.56. The Morgan fingerprint density at radius 2 is 2.08 bits per heavy atom. The molecule has 0 saturated heterocycles. The molecule has 0 atom stereocenters. The summed E-state index contributed by atoms with van der Waals surface area (Å²) in [6.45, 7) is 4.16.